The molecule has 1 fully saturated rings. The molecular weight excluding hydrogens is 280 g/mol. The van der Waals surface area contributed by atoms with Crippen LogP contribution in [0.1, 0.15) is 77.6 Å². The first-order valence-electron chi connectivity index (χ1n) is 9.32. The topological polar surface area (TPSA) is 47.9 Å². The van der Waals surface area contributed by atoms with Crippen molar-refractivity contribution in [1.82, 2.24) is 0 Å². The van der Waals surface area contributed by atoms with Crippen LogP contribution in [-0.4, -0.2) is 43.9 Å². The van der Waals surface area contributed by atoms with E-state index in [-0.39, 0.29) is 19.0 Å². The lowest BCUT2D eigenvalue weighted by atomic mass is 10.1. The van der Waals surface area contributed by atoms with E-state index in [0.717, 1.165) is 19.4 Å². The summed E-state index contributed by atoms with van der Waals surface area (Å²) in [6.45, 7) is 4.32. The van der Waals surface area contributed by atoms with Crippen molar-refractivity contribution in [3.63, 3.8) is 0 Å². The average molecular weight is 316 g/mol. The van der Waals surface area contributed by atoms with Crippen molar-refractivity contribution >= 4 is 0 Å². The van der Waals surface area contributed by atoms with E-state index in [0.29, 0.717) is 13.2 Å². The Morgan fingerprint density at radius 2 is 1.55 bits per heavy atom. The molecule has 1 N–H and O–H groups in total. The Balaban J connectivity index is 1.72. The van der Waals surface area contributed by atoms with Gasteiger partial charge in [0.1, 0.15) is 6.10 Å². The van der Waals surface area contributed by atoms with Crippen LogP contribution in [0.15, 0.2) is 0 Å². The summed E-state index contributed by atoms with van der Waals surface area (Å²) in [7, 11) is 0. The van der Waals surface area contributed by atoms with Gasteiger partial charge in [0, 0.05) is 13.0 Å². The Bertz CT molecular complexity index is 235. The van der Waals surface area contributed by atoms with Crippen molar-refractivity contribution in [2.45, 2.75) is 89.9 Å². The Morgan fingerprint density at radius 3 is 2.14 bits per heavy atom. The van der Waals surface area contributed by atoms with Crippen LogP contribution in [0.3, 0.4) is 0 Å². The van der Waals surface area contributed by atoms with Crippen molar-refractivity contribution in [1.29, 1.82) is 0 Å². The maximum Gasteiger partial charge on any atom is 0.160 e. The van der Waals surface area contributed by atoms with Crippen molar-refractivity contribution in [2.24, 2.45) is 0 Å². The lowest BCUT2D eigenvalue weighted by Gasteiger charge is -2.10. The fourth-order valence-corrected chi connectivity index (χ4v) is 2.73. The molecule has 2 atom stereocenters. The highest BCUT2D eigenvalue weighted by Crippen LogP contribution is 2.14. The number of ether oxygens (including phenoxy) is 3. The highest BCUT2D eigenvalue weighted by Gasteiger charge is 2.24. The van der Waals surface area contributed by atoms with Gasteiger partial charge >= 0.3 is 0 Å². The molecule has 4 heteroatoms. The molecule has 0 saturated carbocycles. The van der Waals surface area contributed by atoms with Crippen LogP contribution in [0.5, 0.6) is 0 Å². The Labute approximate surface area is 136 Å². The van der Waals surface area contributed by atoms with Gasteiger partial charge in [-0.15, -0.1) is 0 Å². The second-order valence-electron chi connectivity index (χ2n) is 6.29. The molecule has 1 rings (SSSR count). The lowest BCUT2D eigenvalue weighted by Crippen LogP contribution is -2.17. The van der Waals surface area contributed by atoms with Crippen LogP contribution in [-0.2, 0) is 14.2 Å². The smallest absolute Gasteiger partial charge is 0.160 e. The van der Waals surface area contributed by atoms with E-state index in [9.17, 15) is 0 Å². The molecule has 0 unspecified atom stereocenters. The molecule has 0 radical (unpaired) electrons. The first kappa shape index (κ1) is 19.9. The summed E-state index contributed by atoms with van der Waals surface area (Å²) in [6.07, 6.45) is 13.9. The molecule has 0 bridgehead atoms. The molecular formula is C18H36O4. The standard InChI is InChI=1S/C18H36O4/c1-2-3-4-5-6-7-8-9-10-11-13-20-14-12-18-21-16-17(15-19)22-18/h17-19H,2-16H2,1H3/t17-,18-/m0/s1. The van der Waals surface area contributed by atoms with Gasteiger partial charge < -0.3 is 19.3 Å². The summed E-state index contributed by atoms with van der Waals surface area (Å²) in [6, 6.07) is 0. The van der Waals surface area contributed by atoms with E-state index in [1.54, 1.807) is 0 Å². The zero-order chi connectivity index (χ0) is 15.9. The van der Waals surface area contributed by atoms with Crippen molar-refractivity contribution in [3.8, 4) is 0 Å². The fraction of sp³-hybridized carbons (Fsp3) is 1.00. The van der Waals surface area contributed by atoms with Gasteiger partial charge in [0.05, 0.1) is 19.8 Å². The van der Waals surface area contributed by atoms with Crippen LogP contribution < -0.4 is 0 Å². The van der Waals surface area contributed by atoms with Crippen molar-refractivity contribution in [2.75, 3.05) is 26.4 Å². The van der Waals surface area contributed by atoms with Crippen LogP contribution >= 0.6 is 0 Å². The molecule has 1 saturated heterocycles. The molecule has 22 heavy (non-hydrogen) atoms. The summed E-state index contributed by atoms with van der Waals surface area (Å²) in [5.74, 6) is 0. The predicted octanol–water partition coefficient (Wildman–Crippen LogP) is 4.05. The largest absolute Gasteiger partial charge is 0.394 e. The van der Waals surface area contributed by atoms with Gasteiger partial charge in [0.15, 0.2) is 6.29 Å². The van der Waals surface area contributed by atoms with Gasteiger partial charge in [-0.25, -0.2) is 0 Å². The second kappa shape index (κ2) is 14.4. The van der Waals surface area contributed by atoms with Crippen LogP contribution in [0.4, 0.5) is 0 Å². The van der Waals surface area contributed by atoms with E-state index >= 15 is 0 Å². The minimum atomic E-state index is -0.190. The maximum absolute atomic E-state index is 8.93. The van der Waals surface area contributed by atoms with Gasteiger partial charge in [0.2, 0.25) is 0 Å². The van der Waals surface area contributed by atoms with Crippen LogP contribution in [0.2, 0.25) is 0 Å². The third-order valence-electron chi connectivity index (χ3n) is 4.16. The normalized spacial score (nSPS) is 21.5. The zero-order valence-corrected chi connectivity index (χ0v) is 14.4. The molecule has 0 spiro atoms. The van der Waals surface area contributed by atoms with Gasteiger partial charge in [-0.3, -0.25) is 0 Å². The van der Waals surface area contributed by atoms with E-state index in [1.807, 2.05) is 0 Å². The van der Waals surface area contributed by atoms with E-state index in [4.69, 9.17) is 19.3 Å². The molecule has 0 aliphatic carbocycles. The third-order valence-corrected chi connectivity index (χ3v) is 4.16. The minimum absolute atomic E-state index is 0.0377. The highest BCUT2D eigenvalue weighted by atomic mass is 16.7. The number of unbranched alkanes of at least 4 members (excludes halogenated alkanes) is 9. The first-order chi connectivity index (χ1) is 10.9. The highest BCUT2D eigenvalue weighted by molar-refractivity contribution is 4.63. The SMILES string of the molecule is CCCCCCCCCCCCOCC[C@H]1OC[C@H](CO)O1. The van der Waals surface area contributed by atoms with Crippen molar-refractivity contribution < 1.29 is 19.3 Å². The summed E-state index contributed by atoms with van der Waals surface area (Å²) in [5, 5.41) is 8.93. The van der Waals surface area contributed by atoms with Crippen LogP contribution in [0.25, 0.3) is 0 Å². The first-order valence-corrected chi connectivity index (χ1v) is 9.32. The quantitative estimate of drug-likeness (QED) is 0.463. The minimum Gasteiger partial charge on any atom is -0.394 e. The van der Waals surface area contributed by atoms with Gasteiger partial charge in [-0.1, -0.05) is 64.7 Å². The molecule has 0 aromatic rings. The molecule has 1 aliphatic rings. The Hall–Kier alpha value is -0.160. The summed E-state index contributed by atoms with van der Waals surface area (Å²) >= 11 is 0. The fourth-order valence-electron chi connectivity index (χ4n) is 2.73. The van der Waals surface area contributed by atoms with E-state index < -0.39 is 0 Å². The maximum atomic E-state index is 8.93. The zero-order valence-electron chi connectivity index (χ0n) is 14.4. The third kappa shape index (κ3) is 10.5. The van der Waals surface area contributed by atoms with E-state index in [1.165, 1.54) is 57.8 Å². The molecule has 4 nitrogen and oxygen atoms in total. The van der Waals surface area contributed by atoms with Gasteiger partial charge in [0.25, 0.3) is 0 Å². The molecule has 0 aromatic carbocycles. The summed E-state index contributed by atoms with van der Waals surface area (Å²) in [5.41, 5.74) is 0. The van der Waals surface area contributed by atoms with Crippen molar-refractivity contribution in [3.05, 3.63) is 0 Å². The molecule has 0 amide bonds. The summed E-state index contributed by atoms with van der Waals surface area (Å²) < 4.78 is 16.5. The predicted molar refractivity (Wildman–Crippen MR) is 89.0 cm³/mol. The van der Waals surface area contributed by atoms with Crippen LogP contribution in [0, 0.1) is 0 Å². The average Bonchev–Trinajstić information content (AvgIpc) is 3.00. The Kier molecular flexibility index (Phi) is 13.0. The molecule has 132 valence electrons. The van der Waals surface area contributed by atoms with Gasteiger partial charge in [-0.05, 0) is 6.42 Å². The number of aliphatic hydroxyl groups excluding tert-OH is 1. The second-order valence-corrected chi connectivity index (χ2v) is 6.29. The molecule has 1 aliphatic heterocycles. The number of rotatable bonds is 15. The number of aliphatic hydroxyl groups is 1. The van der Waals surface area contributed by atoms with Gasteiger partial charge in [-0.2, -0.15) is 0 Å². The number of hydrogen-bond donors (Lipinski definition) is 1. The van der Waals surface area contributed by atoms with E-state index in [2.05, 4.69) is 6.92 Å². The monoisotopic (exact) mass is 316 g/mol. The summed E-state index contributed by atoms with van der Waals surface area (Å²) in [4.78, 5) is 0. The molecule has 0 aromatic heterocycles. The molecule has 1 heterocycles. The Morgan fingerprint density at radius 1 is 0.909 bits per heavy atom. The number of hydrogen-bond acceptors (Lipinski definition) is 4. The lowest BCUT2D eigenvalue weighted by molar-refractivity contribution is -0.0810.